The second kappa shape index (κ2) is 12.2. The molecular formula is C36H41N3O6. The Kier molecular flexibility index (Phi) is 8.26. The van der Waals surface area contributed by atoms with Gasteiger partial charge in [-0.15, -0.1) is 0 Å². The molecule has 0 aliphatic carbocycles. The van der Waals surface area contributed by atoms with Crippen molar-refractivity contribution in [2.45, 2.75) is 37.8 Å². The molecule has 9 nitrogen and oxygen atoms in total. The van der Waals surface area contributed by atoms with E-state index >= 15 is 0 Å². The van der Waals surface area contributed by atoms with Gasteiger partial charge in [-0.3, -0.25) is 9.80 Å². The summed E-state index contributed by atoms with van der Waals surface area (Å²) in [6, 6.07) is 19.7. The molecule has 0 aromatic heterocycles. The maximum absolute atomic E-state index is 11.4. The molecule has 9 heteroatoms. The SMILES string of the molecule is COc1cc2c3cc1Oc1cc(ccc1O)C[C@H]1c4c(cc(OC)c(O)c4Oc4ccc(cc4)C[C@@H]3N(C)CC2)CCN1C.N. The second-order valence-electron chi connectivity index (χ2n) is 12.1. The molecule has 0 radical (unpaired) electrons. The molecule has 6 bridgehead atoms. The lowest BCUT2D eigenvalue weighted by molar-refractivity contribution is 0.222. The van der Waals surface area contributed by atoms with Crippen LogP contribution < -0.4 is 25.1 Å². The van der Waals surface area contributed by atoms with Crippen LogP contribution in [0.1, 0.15) is 45.5 Å². The number of hydrogen-bond donors (Lipinski definition) is 3. The first kappa shape index (κ1) is 30.6. The molecule has 5 N–H and O–H groups in total. The van der Waals surface area contributed by atoms with E-state index < -0.39 is 0 Å². The molecule has 0 spiro atoms. The first-order valence-electron chi connectivity index (χ1n) is 15.1. The number of methoxy groups -OCH3 is 2. The average molecular weight is 612 g/mol. The third kappa shape index (κ3) is 5.52. The van der Waals surface area contributed by atoms with E-state index in [1.807, 2.05) is 30.3 Å². The Labute approximate surface area is 264 Å². The van der Waals surface area contributed by atoms with Gasteiger partial charge in [0.05, 0.1) is 14.2 Å². The third-order valence-electron chi connectivity index (χ3n) is 9.46. The van der Waals surface area contributed by atoms with Gasteiger partial charge < -0.3 is 35.3 Å². The highest BCUT2D eigenvalue weighted by atomic mass is 16.5. The number of aromatic hydroxyl groups is 2. The molecule has 4 aliphatic heterocycles. The fraction of sp³-hybridized carbons (Fsp3) is 0.333. The van der Waals surface area contributed by atoms with Gasteiger partial charge in [0.2, 0.25) is 5.75 Å². The Morgan fingerprint density at radius 2 is 1.36 bits per heavy atom. The van der Waals surface area contributed by atoms with E-state index in [4.69, 9.17) is 18.9 Å². The molecule has 4 aliphatic rings. The van der Waals surface area contributed by atoms with Gasteiger partial charge in [0, 0.05) is 30.7 Å². The molecule has 2 atom stereocenters. The highest BCUT2D eigenvalue weighted by Crippen LogP contribution is 2.50. The molecular weight excluding hydrogens is 570 g/mol. The van der Waals surface area contributed by atoms with E-state index in [9.17, 15) is 10.2 Å². The Hall–Kier alpha value is -4.44. The summed E-state index contributed by atoms with van der Waals surface area (Å²) in [7, 11) is 7.45. The lowest BCUT2D eigenvalue weighted by Crippen LogP contribution is -2.34. The topological polar surface area (TPSA) is 119 Å². The van der Waals surface area contributed by atoms with Crippen molar-refractivity contribution in [2.75, 3.05) is 41.4 Å². The van der Waals surface area contributed by atoms with Crippen LogP contribution in [-0.4, -0.2) is 61.4 Å². The maximum atomic E-state index is 11.4. The molecule has 4 aromatic rings. The summed E-state index contributed by atoms with van der Waals surface area (Å²) in [4.78, 5) is 4.65. The number of nitrogens with zero attached hydrogens (tertiary/aromatic N) is 2. The molecule has 8 rings (SSSR count). The van der Waals surface area contributed by atoms with E-state index in [0.29, 0.717) is 40.9 Å². The fourth-order valence-corrected chi connectivity index (χ4v) is 6.93. The zero-order valence-corrected chi connectivity index (χ0v) is 26.3. The largest absolute Gasteiger partial charge is 0.504 e. The van der Waals surface area contributed by atoms with Crippen LogP contribution in [0.15, 0.2) is 60.7 Å². The van der Waals surface area contributed by atoms with Crippen molar-refractivity contribution in [2.24, 2.45) is 0 Å². The van der Waals surface area contributed by atoms with Crippen LogP contribution in [0.4, 0.5) is 0 Å². The zero-order chi connectivity index (χ0) is 30.5. The number of fused-ring (bicyclic) bond motifs is 2. The summed E-state index contributed by atoms with van der Waals surface area (Å²) in [5.74, 6) is 3.08. The normalized spacial score (nSPS) is 19.2. The number of hydrogen-bond acceptors (Lipinski definition) is 9. The van der Waals surface area contributed by atoms with Gasteiger partial charge in [-0.05, 0) is 110 Å². The van der Waals surface area contributed by atoms with Crippen LogP contribution >= 0.6 is 0 Å². The monoisotopic (exact) mass is 611 g/mol. The molecule has 45 heavy (non-hydrogen) atoms. The van der Waals surface area contributed by atoms with Crippen LogP contribution in [0.3, 0.4) is 0 Å². The minimum absolute atomic E-state index is 0. The van der Waals surface area contributed by atoms with Gasteiger partial charge in [-0.1, -0.05) is 18.2 Å². The van der Waals surface area contributed by atoms with Crippen LogP contribution in [0.2, 0.25) is 0 Å². The molecule has 0 fully saturated rings. The minimum Gasteiger partial charge on any atom is -0.504 e. The van der Waals surface area contributed by atoms with Crippen molar-refractivity contribution in [1.29, 1.82) is 0 Å². The van der Waals surface area contributed by atoms with E-state index in [2.05, 4.69) is 48.2 Å². The van der Waals surface area contributed by atoms with Crippen LogP contribution in [0.5, 0.6) is 46.0 Å². The predicted octanol–water partition coefficient (Wildman–Crippen LogP) is 6.72. The summed E-state index contributed by atoms with van der Waals surface area (Å²) in [6.07, 6.45) is 3.11. The standard InChI is InChI=1S/C36H38N2O6.H3N/c1-37-13-11-23-18-31(41-3)32-20-26(23)27(37)15-21-5-8-25(9-6-21)43-36-34-24(19-33(42-4)35(36)40)12-14-38(2)28(34)16-22-7-10-29(39)30(17-22)44-32;/h5-10,17-20,27-28,39-40H,11-16H2,1-4H3;1H3/t27-,28-;/m0./s1. The highest BCUT2D eigenvalue weighted by molar-refractivity contribution is 5.62. The Morgan fingerprint density at radius 1 is 0.711 bits per heavy atom. The third-order valence-corrected chi connectivity index (χ3v) is 9.46. The van der Waals surface area contributed by atoms with Crippen molar-refractivity contribution in [3.05, 3.63) is 94.0 Å². The summed E-state index contributed by atoms with van der Waals surface area (Å²) in [5.41, 5.74) is 6.58. The predicted molar refractivity (Wildman–Crippen MR) is 173 cm³/mol. The molecule has 4 aromatic carbocycles. The number of ether oxygens (including phenoxy) is 4. The molecule has 0 amide bonds. The smallest absolute Gasteiger partial charge is 0.201 e. The van der Waals surface area contributed by atoms with Crippen molar-refractivity contribution in [1.82, 2.24) is 16.0 Å². The second-order valence-corrected chi connectivity index (χ2v) is 12.1. The van der Waals surface area contributed by atoms with E-state index in [1.165, 1.54) is 16.7 Å². The average Bonchev–Trinajstić information content (AvgIpc) is 3.03. The quantitative estimate of drug-likeness (QED) is 0.227. The minimum atomic E-state index is -0.101. The number of rotatable bonds is 2. The van der Waals surface area contributed by atoms with Crippen molar-refractivity contribution < 1.29 is 29.2 Å². The Bertz CT molecular complexity index is 1720. The summed E-state index contributed by atoms with van der Waals surface area (Å²) in [5, 5.41) is 22.3. The lowest BCUT2D eigenvalue weighted by atomic mass is 9.87. The van der Waals surface area contributed by atoms with Crippen LogP contribution in [-0.2, 0) is 25.7 Å². The maximum Gasteiger partial charge on any atom is 0.201 e. The fourth-order valence-electron chi connectivity index (χ4n) is 6.93. The van der Waals surface area contributed by atoms with E-state index in [-0.39, 0.29) is 29.7 Å². The van der Waals surface area contributed by atoms with E-state index in [0.717, 1.165) is 49.0 Å². The number of phenols is 2. The van der Waals surface area contributed by atoms with Crippen molar-refractivity contribution >= 4 is 0 Å². The summed E-state index contributed by atoms with van der Waals surface area (Å²) in [6.45, 7) is 1.77. The Balaban J connectivity index is 0.00000357. The first-order chi connectivity index (χ1) is 21.3. The van der Waals surface area contributed by atoms with Gasteiger partial charge in [0.1, 0.15) is 5.75 Å². The summed E-state index contributed by atoms with van der Waals surface area (Å²) >= 11 is 0. The van der Waals surface area contributed by atoms with E-state index in [1.54, 1.807) is 20.3 Å². The first-order valence-corrected chi connectivity index (χ1v) is 15.1. The van der Waals surface area contributed by atoms with Gasteiger partial charge in [0.25, 0.3) is 0 Å². The molecule has 0 saturated carbocycles. The molecule has 4 heterocycles. The van der Waals surface area contributed by atoms with Gasteiger partial charge in [-0.2, -0.15) is 0 Å². The van der Waals surface area contributed by atoms with Crippen molar-refractivity contribution in [3.63, 3.8) is 0 Å². The zero-order valence-electron chi connectivity index (χ0n) is 26.3. The van der Waals surface area contributed by atoms with Crippen LogP contribution in [0.25, 0.3) is 0 Å². The lowest BCUT2D eigenvalue weighted by Gasteiger charge is -2.36. The van der Waals surface area contributed by atoms with Crippen molar-refractivity contribution in [3.8, 4) is 46.0 Å². The summed E-state index contributed by atoms with van der Waals surface area (Å²) < 4.78 is 24.3. The number of likely N-dealkylation sites (N-methyl/N-ethyl adjacent to an activating group) is 2. The molecule has 0 saturated heterocycles. The highest BCUT2D eigenvalue weighted by Gasteiger charge is 2.33. The van der Waals surface area contributed by atoms with Gasteiger partial charge >= 0.3 is 0 Å². The molecule has 236 valence electrons. The van der Waals surface area contributed by atoms with Gasteiger partial charge in [-0.25, -0.2) is 0 Å². The van der Waals surface area contributed by atoms with Gasteiger partial charge in [0.15, 0.2) is 34.5 Å². The molecule has 0 unspecified atom stereocenters. The number of benzene rings is 4. The van der Waals surface area contributed by atoms with Crippen LogP contribution in [0, 0.1) is 0 Å². The Morgan fingerprint density at radius 3 is 2.09 bits per heavy atom. The number of phenolic OH excluding ortho intramolecular Hbond substituents is 2.